The van der Waals surface area contributed by atoms with Crippen molar-refractivity contribution in [2.75, 3.05) is 7.11 Å². The Labute approximate surface area is 96.3 Å². The van der Waals surface area contributed by atoms with E-state index < -0.39 is 22.8 Å². The summed E-state index contributed by atoms with van der Waals surface area (Å²) < 4.78 is 17.9. The standard InChI is InChI=1S/C10H11FN2O4/c1-17-10(14)5-9(12)7-3-2-6(13(15)16)4-8(7)11/h2-4,9H,5,12H2,1H3/t9-/m0/s1. The van der Waals surface area contributed by atoms with E-state index in [4.69, 9.17) is 5.73 Å². The molecular formula is C10H11FN2O4. The summed E-state index contributed by atoms with van der Waals surface area (Å²) in [6, 6.07) is 2.21. The summed E-state index contributed by atoms with van der Waals surface area (Å²) in [5.74, 6) is -1.38. The number of benzene rings is 1. The van der Waals surface area contributed by atoms with E-state index in [1.165, 1.54) is 13.2 Å². The summed E-state index contributed by atoms with van der Waals surface area (Å²) in [5.41, 5.74) is 5.27. The van der Waals surface area contributed by atoms with E-state index in [-0.39, 0.29) is 17.7 Å². The van der Waals surface area contributed by atoms with Crippen LogP contribution in [0.5, 0.6) is 0 Å². The molecule has 1 rings (SSSR count). The highest BCUT2D eigenvalue weighted by Crippen LogP contribution is 2.22. The molecule has 6 nitrogen and oxygen atoms in total. The van der Waals surface area contributed by atoms with E-state index in [1.807, 2.05) is 0 Å². The zero-order valence-electron chi connectivity index (χ0n) is 9.05. The number of nitro groups is 1. The molecule has 0 amide bonds. The Kier molecular flexibility index (Phi) is 4.11. The maximum atomic E-state index is 13.5. The minimum Gasteiger partial charge on any atom is -0.469 e. The number of hydrogen-bond donors (Lipinski definition) is 1. The van der Waals surface area contributed by atoms with Crippen LogP contribution in [0.3, 0.4) is 0 Å². The van der Waals surface area contributed by atoms with Crippen LogP contribution in [0.1, 0.15) is 18.0 Å². The smallest absolute Gasteiger partial charge is 0.307 e. The average Bonchev–Trinajstić information content (AvgIpc) is 2.28. The quantitative estimate of drug-likeness (QED) is 0.487. The molecule has 0 aromatic heterocycles. The number of nitrogens with two attached hydrogens (primary N) is 1. The van der Waals surface area contributed by atoms with Crippen LogP contribution in [0.15, 0.2) is 18.2 Å². The normalized spacial score (nSPS) is 11.9. The summed E-state index contributed by atoms with van der Waals surface area (Å²) in [6.07, 6.45) is -0.189. The number of carbonyl (C=O) groups excluding carboxylic acids is 1. The van der Waals surface area contributed by atoms with Crippen molar-refractivity contribution in [3.8, 4) is 0 Å². The summed E-state index contributed by atoms with van der Waals surface area (Å²) in [7, 11) is 1.20. The number of nitrogens with zero attached hydrogens (tertiary/aromatic N) is 1. The molecule has 0 aliphatic rings. The zero-order valence-corrected chi connectivity index (χ0v) is 9.05. The molecule has 2 N–H and O–H groups in total. The van der Waals surface area contributed by atoms with Gasteiger partial charge in [0.15, 0.2) is 0 Å². The first-order valence-electron chi connectivity index (χ1n) is 4.72. The number of carbonyl (C=O) groups is 1. The van der Waals surface area contributed by atoms with E-state index >= 15 is 0 Å². The number of esters is 1. The summed E-state index contributed by atoms with van der Waals surface area (Å²) in [4.78, 5) is 20.6. The first kappa shape index (κ1) is 13.0. The molecule has 0 aliphatic heterocycles. The molecule has 0 heterocycles. The van der Waals surface area contributed by atoms with Gasteiger partial charge in [0.2, 0.25) is 0 Å². The molecule has 92 valence electrons. The number of hydrogen-bond acceptors (Lipinski definition) is 5. The first-order chi connectivity index (χ1) is 7.95. The number of rotatable bonds is 4. The van der Waals surface area contributed by atoms with Gasteiger partial charge in [-0.25, -0.2) is 4.39 Å². The third-order valence-corrected chi connectivity index (χ3v) is 2.21. The highest BCUT2D eigenvalue weighted by Gasteiger charge is 2.18. The molecule has 0 radical (unpaired) electrons. The van der Waals surface area contributed by atoms with E-state index in [2.05, 4.69) is 4.74 Å². The second-order valence-corrected chi connectivity index (χ2v) is 3.35. The highest BCUT2D eigenvalue weighted by molar-refractivity contribution is 5.70. The molecule has 0 unspecified atom stereocenters. The largest absolute Gasteiger partial charge is 0.469 e. The SMILES string of the molecule is COC(=O)C[C@H](N)c1ccc([N+](=O)[O-])cc1F. The molecule has 0 spiro atoms. The molecule has 7 heteroatoms. The zero-order chi connectivity index (χ0) is 13.0. The monoisotopic (exact) mass is 242 g/mol. The summed E-state index contributed by atoms with van der Waals surface area (Å²) >= 11 is 0. The van der Waals surface area contributed by atoms with Gasteiger partial charge in [-0.15, -0.1) is 0 Å². The number of nitro benzene ring substituents is 1. The molecule has 1 aromatic rings. The third kappa shape index (κ3) is 3.22. The van der Waals surface area contributed by atoms with Crippen molar-refractivity contribution in [2.24, 2.45) is 5.73 Å². The van der Waals surface area contributed by atoms with Crippen LogP contribution in [0.25, 0.3) is 0 Å². The lowest BCUT2D eigenvalue weighted by molar-refractivity contribution is -0.385. The number of methoxy groups -OCH3 is 1. The van der Waals surface area contributed by atoms with Gasteiger partial charge in [-0.3, -0.25) is 14.9 Å². The second-order valence-electron chi connectivity index (χ2n) is 3.35. The molecule has 0 fully saturated rings. The van der Waals surface area contributed by atoms with Crippen LogP contribution in [0, 0.1) is 15.9 Å². The summed E-state index contributed by atoms with van der Waals surface area (Å²) in [6.45, 7) is 0. The van der Waals surface area contributed by atoms with Crippen LogP contribution in [0.4, 0.5) is 10.1 Å². The van der Waals surface area contributed by atoms with Crippen molar-refractivity contribution in [3.63, 3.8) is 0 Å². The predicted octanol–water partition coefficient (Wildman–Crippen LogP) is 1.30. The maximum Gasteiger partial charge on any atom is 0.307 e. The fourth-order valence-corrected chi connectivity index (χ4v) is 1.30. The van der Waals surface area contributed by atoms with E-state index in [9.17, 15) is 19.3 Å². The Morgan fingerprint density at radius 1 is 1.65 bits per heavy atom. The van der Waals surface area contributed by atoms with Crippen molar-refractivity contribution in [1.29, 1.82) is 0 Å². The Balaban J connectivity index is 2.92. The van der Waals surface area contributed by atoms with Gasteiger partial charge in [-0.2, -0.15) is 0 Å². The topological polar surface area (TPSA) is 95.5 Å². The van der Waals surface area contributed by atoms with Gasteiger partial charge in [0.05, 0.1) is 24.5 Å². The molecule has 17 heavy (non-hydrogen) atoms. The van der Waals surface area contributed by atoms with Crippen molar-refractivity contribution >= 4 is 11.7 Å². The third-order valence-electron chi connectivity index (χ3n) is 2.21. The first-order valence-corrected chi connectivity index (χ1v) is 4.72. The van der Waals surface area contributed by atoms with E-state index in [0.717, 1.165) is 12.1 Å². The van der Waals surface area contributed by atoms with Crippen molar-refractivity contribution in [2.45, 2.75) is 12.5 Å². The molecule has 1 atom stereocenters. The molecule has 0 saturated carbocycles. The van der Waals surface area contributed by atoms with Crippen LogP contribution in [-0.2, 0) is 9.53 Å². The van der Waals surface area contributed by atoms with Crippen molar-refractivity contribution in [1.82, 2.24) is 0 Å². The minimum absolute atomic E-state index is 0.0426. The van der Waals surface area contributed by atoms with Gasteiger partial charge in [0, 0.05) is 17.7 Å². The number of non-ortho nitro benzene ring substituents is 1. The van der Waals surface area contributed by atoms with E-state index in [1.54, 1.807) is 0 Å². The van der Waals surface area contributed by atoms with Crippen molar-refractivity contribution in [3.05, 3.63) is 39.7 Å². The van der Waals surface area contributed by atoms with Gasteiger partial charge in [-0.05, 0) is 6.07 Å². The second kappa shape index (κ2) is 5.35. The molecule has 0 bridgehead atoms. The van der Waals surface area contributed by atoms with Gasteiger partial charge in [0.1, 0.15) is 5.82 Å². The lowest BCUT2D eigenvalue weighted by atomic mass is 10.0. The lowest BCUT2D eigenvalue weighted by Gasteiger charge is -2.11. The average molecular weight is 242 g/mol. The fraction of sp³-hybridized carbons (Fsp3) is 0.300. The van der Waals surface area contributed by atoms with Gasteiger partial charge in [0.25, 0.3) is 5.69 Å². The van der Waals surface area contributed by atoms with Crippen molar-refractivity contribution < 1.29 is 18.8 Å². The van der Waals surface area contributed by atoms with Gasteiger partial charge >= 0.3 is 5.97 Å². The van der Waals surface area contributed by atoms with Gasteiger partial charge in [-0.1, -0.05) is 0 Å². The fourth-order valence-electron chi connectivity index (χ4n) is 1.30. The number of ether oxygens (including phenoxy) is 1. The summed E-state index contributed by atoms with van der Waals surface area (Å²) in [5, 5.41) is 10.4. The Bertz CT molecular complexity index is 450. The maximum absolute atomic E-state index is 13.5. The number of halogens is 1. The Morgan fingerprint density at radius 2 is 2.29 bits per heavy atom. The van der Waals surface area contributed by atoms with Crippen LogP contribution >= 0.6 is 0 Å². The Morgan fingerprint density at radius 3 is 2.76 bits per heavy atom. The van der Waals surface area contributed by atoms with Crippen LogP contribution in [0.2, 0.25) is 0 Å². The Hall–Kier alpha value is -2.02. The highest BCUT2D eigenvalue weighted by atomic mass is 19.1. The van der Waals surface area contributed by atoms with Crippen LogP contribution in [-0.4, -0.2) is 18.0 Å². The molecule has 1 aromatic carbocycles. The minimum atomic E-state index is -0.886. The molecule has 0 saturated heterocycles. The molecule has 0 aliphatic carbocycles. The lowest BCUT2D eigenvalue weighted by Crippen LogP contribution is -2.17. The molecular weight excluding hydrogens is 231 g/mol. The van der Waals surface area contributed by atoms with Gasteiger partial charge < -0.3 is 10.5 Å². The van der Waals surface area contributed by atoms with E-state index in [0.29, 0.717) is 0 Å². The predicted molar refractivity (Wildman–Crippen MR) is 56.6 cm³/mol. The van der Waals surface area contributed by atoms with Crippen LogP contribution < -0.4 is 5.73 Å².